The Labute approximate surface area is 264 Å². The summed E-state index contributed by atoms with van der Waals surface area (Å²) in [5, 5.41) is 39.5. The van der Waals surface area contributed by atoms with Gasteiger partial charge in [0.25, 0.3) is 0 Å². The number of fused-ring (bicyclic) bond motifs is 6. The van der Waals surface area contributed by atoms with Crippen LogP contribution in [0, 0.1) is 51.8 Å². The van der Waals surface area contributed by atoms with Crippen LogP contribution in [0.25, 0.3) is 0 Å². The SMILES string of the molecule is COC1C=C(O)C2C3C4CCC56CC7CSSC8CCCC(O)C8Nc8cccc(c8)CC7C5C=CCC(C4)(C12O)C36C. The second-order valence-electron chi connectivity index (χ2n) is 15.8. The third-order valence-corrected chi connectivity index (χ3v) is 17.9. The first kappa shape index (κ1) is 28.1. The summed E-state index contributed by atoms with van der Waals surface area (Å²) in [7, 11) is 5.78. The number of allylic oxidation sites excluding steroid dienone is 2. The van der Waals surface area contributed by atoms with Crippen molar-refractivity contribution < 1.29 is 20.1 Å². The molecular formula is C36H47NO4S2. The fourth-order valence-corrected chi connectivity index (χ4v) is 16.8. The Morgan fingerprint density at radius 2 is 2.00 bits per heavy atom. The van der Waals surface area contributed by atoms with Crippen LogP contribution in [0.1, 0.15) is 63.9 Å². The fourth-order valence-electron chi connectivity index (χ4n) is 13.5. The molecule has 7 aliphatic carbocycles. The van der Waals surface area contributed by atoms with Crippen LogP contribution in [0.15, 0.2) is 48.3 Å². The number of hydrogen-bond acceptors (Lipinski definition) is 7. The number of benzene rings is 1. The monoisotopic (exact) mass is 621 g/mol. The van der Waals surface area contributed by atoms with E-state index >= 15 is 0 Å². The Hall–Kier alpha value is -1.12. The molecule has 9 rings (SSSR count). The van der Waals surface area contributed by atoms with Crippen molar-refractivity contribution in [2.75, 3.05) is 18.2 Å². The Balaban J connectivity index is 1.15. The normalized spacial score (nSPS) is 54.2. The van der Waals surface area contributed by atoms with Crippen molar-refractivity contribution in [1.82, 2.24) is 0 Å². The molecule has 5 nitrogen and oxygen atoms in total. The molecule has 1 aliphatic heterocycles. The molecule has 4 N–H and O–H groups in total. The minimum absolute atomic E-state index is 0.0593. The molecule has 7 heteroatoms. The van der Waals surface area contributed by atoms with E-state index in [1.165, 1.54) is 24.8 Å². The van der Waals surface area contributed by atoms with E-state index in [1.54, 1.807) is 7.11 Å². The van der Waals surface area contributed by atoms with Crippen LogP contribution in [-0.2, 0) is 11.2 Å². The number of rotatable bonds is 1. The van der Waals surface area contributed by atoms with Crippen LogP contribution >= 0.6 is 21.6 Å². The van der Waals surface area contributed by atoms with E-state index < -0.39 is 11.7 Å². The summed E-state index contributed by atoms with van der Waals surface area (Å²) in [6, 6.07) is 9.14. The second kappa shape index (κ2) is 9.47. The highest BCUT2D eigenvalue weighted by molar-refractivity contribution is 8.77. The molecule has 5 fully saturated rings. The Kier molecular flexibility index (Phi) is 6.19. The van der Waals surface area contributed by atoms with E-state index in [0.717, 1.165) is 50.0 Å². The van der Waals surface area contributed by atoms with Gasteiger partial charge < -0.3 is 25.4 Å². The highest BCUT2D eigenvalue weighted by Gasteiger charge is 2.88. The van der Waals surface area contributed by atoms with Crippen molar-refractivity contribution >= 4 is 27.3 Å². The van der Waals surface area contributed by atoms with Gasteiger partial charge in [0.2, 0.25) is 0 Å². The van der Waals surface area contributed by atoms with Crippen molar-refractivity contribution in [2.24, 2.45) is 51.8 Å². The highest BCUT2D eigenvalue weighted by Crippen LogP contribution is 2.88. The Bertz CT molecular complexity index is 1380. The molecule has 1 spiro atoms. The van der Waals surface area contributed by atoms with Crippen LogP contribution in [-0.4, -0.2) is 57.3 Å². The zero-order chi connectivity index (χ0) is 29.4. The van der Waals surface area contributed by atoms with Crippen LogP contribution in [0.5, 0.6) is 0 Å². The molecule has 0 saturated heterocycles. The number of ether oxygens (including phenoxy) is 1. The molecule has 0 radical (unpaired) electrons. The quantitative estimate of drug-likeness (QED) is 0.204. The highest BCUT2D eigenvalue weighted by atomic mass is 33.1. The number of hydrogen-bond donors (Lipinski definition) is 4. The molecule has 8 aliphatic rings. The van der Waals surface area contributed by atoms with Crippen LogP contribution in [0.2, 0.25) is 0 Å². The van der Waals surface area contributed by atoms with Gasteiger partial charge in [0.1, 0.15) is 11.7 Å². The van der Waals surface area contributed by atoms with Gasteiger partial charge in [-0.3, -0.25) is 0 Å². The topological polar surface area (TPSA) is 82.0 Å². The molecule has 6 bridgehead atoms. The lowest BCUT2D eigenvalue weighted by Gasteiger charge is -2.58. The van der Waals surface area contributed by atoms with Gasteiger partial charge in [-0.25, -0.2) is 0 Å². The van der Waals surface area contributed by atoms with Crippen molar-refractivity contribution in [3.63, 3.8) is 0 Å². The summed E-state index contributed by atoms with van der Waals surface area (Å²) in [4.78, 5) is 0. The summed E-state index contributed by atoms with van der Waals surface area (Å²) >= 11 is 0. The largest absolute Gasteiger partial charge is 0.512 e. The molecule has 0 aromatic heterocycles. The zero-order valence-electron chi connectivity index (χ0n) is 25.5. The van der Waals surface area contributed by atoms with Gasteiger partial charge in [0, 0.05) is 29.2 Å². The molecule has 43 heavy (non-hydrogen) atoms. The average molecular weight is 622 g/mol. The average Bonchev–Trinajstić information content (AvgIpc) is 3.53. The van der Waals surface area contributed by atoms with Gasteiger partial charge in [-0.1, -0.05) is 52.8 Å². The molecule has 14 atom stereocenters. The minimum Gasteiger partial charge on any atom is -0.512 e. The minimum atomic E-state index is -1.05. The lowest BCUT2D eigenvalue weighted by molar-refractivity contribution is -0.189. The van der Waals surface area contributed by atoms with Crippen LogP contribution in [0.4, 0.5) is 5.69 Å². The molecule has 14 unspecified atom stereocenters. The first-order valence-corrected chi connectivity index (χ1v) is 19.3. The predicted molar refractivity (Wildman–Crippen MR) is 174 cm³/mol. The maximum Gasteiger partial charge on any atom is 0.111 e. The standard InChI is InChI=1S/C36H47NO4S2/c1-33-30-21-11-13-34(33)17-22-19-42-43-28-10-4-9-26(38)32(28)37-23-7-3-6-20(14-23)15-24(22)25(34)8-5-12-35(33,18-21)36(40)29(41-2)16-27(39)31(30)36/h3,5-8,14,16,21-22,24-26,28-32,37-40H,4,9-13,15,17-19H2,1-2H3. The third-order valence-electron chi connectivity index (χ3n) is 14.9. The van der Waals surface area contributed by atoms with Crippen LogP contribution in [0.3, 0.4) is 0 Å². The van der Waals surface area contributed by atoms with Crippen molar-refractivity contribution in [3.8, 4) is 0 Å². The number of nitrogens with one attached hydrogen (secondary N) is 1. The first-order chi connectivity index (χ1) is 20.8. The summed E-state index contributed by atoms with van der Waals surface area (Å²) in [5.74, 6) is 3.79. The van der Waals surface area contributed by atoms with Crippen molar-refractivity contribution in [2.45, 2.75) is 93.8 Å². The van der Waals surface area contributed by atoms with Crippen molar-refractivity contribution in [1.29, 1.82) is 0 Å². The van der Waals surface area contributed by atoms with Gasteiger partial charge in [-0.15, -0.1) is 0 Å². The molecule has 232 valence electrons. The van der Waals surface area contributed by atoms with E-state index in [0.29, 0.717) is 40.6 Å². The van der Waals surface area contributed by atoms with Gasteiger partial charge in [0.05, 0.1) is 23.8 Å². The van der Waals surface area contributed by atoms with Crippen molar-refractivity contribution in [3.05, 3.63) is 53.8 Å². The zero-order valence-corrected chi connectivity index (χ0v) is 27.1. The van der Waals surface area contributed by atoms with E-state index in [4.69, 9.17) is 4.74 Å². The second-order valence-corrected chi connectivity index (χ2v) is 18.4. The number of aliphatic hydroxyl groups is 3. The number of anilines is 1. The summed E-state index contributed by atoms with van der Waals surface area (Å²) in [6.07, 6.45) is 16.0. The van der Waals surface area contributed by atoms with E-state index in [2.05, 4.69) is 59.5 Å². The molecule has 1 aromatic carbocycles. The smallest absolute Gasteiger partial charge is 0.111 e. The number of methoxy groups -OCH3 is 1. The molecular weight excluding hydrogens is 575 g/mol. The molecule has 1 aromatic rings. The fraction of sp³-hybridized carbons (Fsp3) is 0.722. The van der Waals surface area contributed by atoms with Gasteiger partial charge >= 0.3 is 0 Å². The third kappa shape index (κ3) is 3.30. The molecule has 1 heterocycles. The predicted octanol–water partition coefficient (Wildman–Crippen LogP) is 6.77. The molecule has 5 saturated carbocycles. The van der Waals surface area contributed by atoms with E-state index in [-0.39, 0.29) is 34.3 Å². The van der Waals surface area contributed by atoms with Crippen LogP contribution < -0.4 is 5.32 Å². The number of aliphatic hydroxyl groups excluding tert-OH is 2. The Morgan fingerprint density at radius 1 is 1.12 bits per heavy atom. The summed E-state index contributed by atoms with van der Waals surface area (Å²) in [5.41, 5.74) is 1.25. The lowest BCUT2D eigenvalue weighted by atomic mass is 9.45. The van der Waals surface area contributed by atoms with E-state index in [9.17, 15) is 15.3 Å². The maximum atomic E-state index is 12.9. The van der Waals surface area contributed by atoms with E-state index in [1.807, 2.05) is 16.9 Å². The van der Waals surface area contributed by atoms with Gasteiger partial charge in [-0.2, -0.15) is 0 Å². The van der Waals surface area contributed by atoms with Gasteiger partial charge in [-0.05, 0) is 122 Å². The Morgan fingerprint density at radius 3 is 2.86 bits per heavy atom. The molecule has 0 amide bonds. The maximum absolute atomic E-state index is 12.9. The first-order valence-electron chi connectivity index (χ1n) is 16.9. The lowest BCUT2D eigenvalue weighted by Crippen LogP contribution is -2.60. The summed E-state index contributed by atoms with van der Waals surface area (Å²) < 4.78 is 6.00. The van der Waals surface area contributed by atoms with Gasteiger partial charge in [0.15, 0.2) is 0 Å². The summed E-state index contributed by atoms with van der Waals surface area (Å²) in [6.45, 7) is 2.57.